The molecule has 9 nitrogen and oxygen atoms in total. The number of carbonyl (C=O) groups is 2. The van der Waals surface area contributed by atoms with Crippen LogP contribution in [0.3, 0.4) is 0 Å². The van der Waals surface area contributed by atoms with Crippen molar-refractivity contribution in [3.05, 3.63) is 71.8 Å². The van der Waals surface area contributed by atoms with Gasteiger partial charge in [-0.1, -0.05) is 12.1 Å². The molecule has 1 aromatic heterocycles. The summed E-state index contributed by atoms with van der Waals surface area (Å²) in [6, 6.07) is 13.8. The number of benzene rings is 2. The van der Waals surface area contributed by atoms with E-state index < -0.39 is 0 Å². The summed E-state index contributed by atoms with van der Waals surface area (Å²) in [5.74, 6) is -0.140. The maximum atomic E-state index is 12.0. The number of β-amino-alcohol motifs (C(OH)–C–C–N with tert-alkyl or cyclic N) is 1. The van der Waals surface area contributed by atoms with E-state index in [1.54, 1.807) is 24.1 Å². The highest BCUT2D eigenvalue weighted by Gasteiger charge is 2.16. The molecule has 9 heteroatoms. The molecule has 0 spiro atoms. The normalized spacial score (nSPS) is 13.5. The van der Waals surface area contributed by atoms with Gasteiger partial charge in [-0.2, -0.15) is 0 Å². The monoisotopic (exact) mass is 478 g/mol. The first kappa shape index (κ1) is 25.9. The third-order valence-electron chi connectivity index (χ3n) is 5.94. The first-order chi connectivity index (χ1) is 16.9. The summed E-state index contributed by atoms with van der Waals surface area (Å²) in [5.41, 5.74) is 5.55. The molecule has 0 bridgehead atoms. The van der Waals surface area contributed by atoms with Gasteiger partial charge in [0.15, 0.2) is 0 Å². The Kier molecular flexibility index (Phi) is 9.39. The van der Waals surface area contributed by atoms with Gasteiger partial charge in [0, 0.05) is 56.8 Å². The number of carbonyl (C=O) groups excluding carboxylic acids is 2. The lowest BCUT2D eigenvalue weighted by molar-refractivity contribution is -0.105. The molecule has 1 aliphatic rings. The number of piperazine rings is 1. The number of rotatable bonds is 7. The van der Waals surface area contributed by atoms with Gasteiger partial charge in [0.1, 0.15) is 5.69 Å². The Hall–Kier alpha value is -3.69. The molecule has 0 unspecified atom stereocenters. The van der Waals surface area contributed by atoms with Crippen molar-refractivity contribution in [3.63, 3.8) is 0 Å². The summed E-state index contributed by atoms with van der Waals surface area (Å²) < 4.78 is 1.69. The van der Waals surface area contributed by atoms with Crippen LogP contribution < -0.4 is 15.5 Å². The minimum atomic E-state index is -0.140. The smallest absolute Gasteiger partial charge is 0.273 e. The Morgan fingerprint density at radius 1 is 1.09 bits per heavy atom. The van der Waals surface area contributed by atoms with Crippen LogP contribution in [0.4, 0.5) is 17.1 Å². The van der Waals surface area contributed by atoms with Crippen LogP contribution in [-0.4, -0.2) is 71.2 Å². The number of imidazole rings is 1. The number of amides is 2. The van der Waals surface area contributed by atoms with Gasteiger partial charge >= 0.3 is 0 Å². The minimum Gasteiger partial charge on any atom is -0.395 e. The molecule has 35 heavy (non-hydrogen) atoms. The number of aliphatic hydroxyl groups excluding tert-OH is 1. The van der Waals surface area contributed by atoms with E-state index in [1.807, 2.05) is 56.3 Å². The second-order valence-corrected chi connectivity index (χ2v) is 8.52. The van der Waals surface area contributed by atoms with Crippen LogP contribution in [0.5, 0.6) is 0 Å². The van der Waals surface area contributed by atoms with Gasteiger partial charge in [-0.15, -0.1) is 0 Å². The summed E-state index contributed by atoms with van der Waals surface area (Å²) in [6.45, 7) is 8.87. The molecule has 0 saturated carbocycles. The van der Waals surface area contributed by atoms with E-state index in [-0.39, 0.29) is 12.5 Å². The average Bonchev–Trinajstić information content (AvgIpc) is 3.29. The van der Waals surface area contributed by atoms with Crippen LogP contribution in [-0.2, 0) is 11.8 Å². The number of anilines is 3. The molecule has 0 atom stereocenters. The first-order valence-corrected chi connectivity index (χ1v) is 11.6. The number of aryl methyl sites for hydroxylation is 3. The summed E-state index contributed by atoms with van der Waals surface area (Å²) in [5, 5.41) is 14.4. The number of nitrogens with one attached hydrogen (secondary N) is 2. The summed E-state index contributed by atoms with van der Waals surface area (Å²) in [4.78, 5) is 30.8. The zero-order valence-corrected chi connectivity index (χ0v) is 20.6. The van der Waals surface area contributed by atoms with Crippen LogP contribution in [0, 0.1) is 13.8 Å². The average molecular weight is 479 g/mol. The van der Waals surface area contributed by atoms with Crippen molar-refractivity contribution < 1.29 is 14.7 Å². The number of aliphatic hydroxyl groups is 1. The topological polar surface area (TPSA) is 103 Å². The van der Waals surface area contributed by atoms with Gasteiger partial charge in [0.05, 0.1) is 19.1 Å². The lowest BCUT2D eigenvalue weighted by atomic mass is 10.1. The summed E-state index contributed by atoms with van der Waals surface area (Å²) in [6.07, 6.45) is 3.85. The van der Waals surface area contributed by atoms with Gasteiger partial charge in [-0.05, 0) is 55.3 Å². The van der Waals surface area contributed by atoms with Crippen molar-refractivity contribution in [1.29, 1.82) is 0 Å². The fraction of sp³-hybridized carbons (Fsp3) is 0.346. The largest absolute Gasteiger partial charge is 0.395 e. The SMILES string of the molecule is Cc1ccc(C)c(NC(=O)c2cncn2C)c1.O=CNc1ccc(N2CCN(CCO)CC2)cc1. The van der Waals surface area contributed by atoms with Crippen LogP contribution in [0.25, 0.3) is 0 Å². The van der Waals surface area contributed by atoms with E-state index >= 15 is 0 Å². The fourth-order valence-corrected chi connectivity index (χ4v) is 3.84. The van der Waals surface area contributed by atoms with Gasteiger partial charge < -0.3 is 25.2 Å². The van der Waals surface area contributed by atoms with Crippen molar-refractivity contribution in [2.24, 2.45) is 7.05 Å². The molecule has 1 saturated heterocycles. The van der Waals surface area contributed by atoms with E-state index in [4.69, 9.17) is 5.11 Å². The van der Waals surface area contributed by atoms with Crippen molar-refractivity contribution >= 4 is 29.4 Å². The predicted molar refractivity (Wildman–Crippen MR) is 139 cm³/mol. The Morgan fingerprint density at radius 3 is 2.40 bits per heavy atom. The molecule has 4 rings (SSSR count). The van der Waals surface area contributed by atoms with Crippen LogP contribution in [0.2, 0.25) is 0 Å². The molecule has 3 N–H and O–H groups in total. The highest BCUT2D eigenvalue weighted by molar-refractivity contribution is 6.03. The predicted octanol–water partition coefficient (Wildman–Crippen LogP) is 2.66. The molecule has 1 fully saturated rings. The van der Waals surface area contributed by atoms with Gasteiger partial charge in [-0.25, -0.2) is 4.98 Å². The van der Waals surface area contributed by atoms with Crippen LogP contribution in [0.15, 0.2) is 55.0 Å². The fourth-order valence-electron chi connectivity index (χ4n) is 3.84. The minimum absolute atomic E-state index is 0.140. The van der Waals surface area contributed by atoms with E-state index in [0.29, 0.717) is 12.1 Å². The van der Waals surface area contributed by atoms with Gasteiger partial charge in [-0.3, -0.25) is 14.5 Å². The standard InChI is InChI=1S/C13H19N3O2.C13H15N3O/c17-10-9-15-5-7-16(8-6-15)13-3-1-12(2-4-13)14-11-18;1-9-4-5-10(2)11(6-9)15-13(17)12-7-14-8-16(12)3/h1-4,11,17H,5-10H2,(H,14,18);4-8H,1-3H3,(H,15,17). The lowest BCUT2D eigenvalue weighted by Crippen LogP contribution is -2.47. The van der Waals surface area contributed by atoms with Crippen molar-refractivity contribution in [1.82, 2.24) is 14.5 Å². The third kappa shape index (κ3) is 7.40. The van der Waals surface area contributed by atoms with Crippen molar-refractivity contribution in [2.45, 2.75) is 13.8 Å². The van der Waals surface area contributed by atoms with Gasteiger partial charge in [0.25, 0.3) is 5.91 Å². The molecule has 2 amide bonds. The van der Waals surface area contributed by atoms with Crippen LogP contribution >= 0.6 is 0 Å². The molecular weight excluding hydrogens is 444 g/mol. The quantitative estimate of drug-likeness (QED) is 0.451. The Labute approximate surface area is 206 Å². The highest BCUT2D eigenvalue weighted by Crippen LogP contribution is 2.19. The summed E-state index contributed by atoms with van der Waals surface area (Å²) in [7, 11) is 1.80. The van der Waals surface area contributed by atoms with E-state index in [2.05, 4.69) is 25.4 Å². The second kappa shape index (κ2) is 12.7. The molecule has 0 aliphatic carbocycles. The van der Waals surface area contributed by atoms with Crippen LogP contribution in [0.1, 0.15) is 21.6 Å². The second-order valence-electron chi connectivity index (χ2n) is 8.52. The Morgan fingerprint density at radius 2 is 1.80 bits per heavy atom. The molecule has 186 valence electrons. The Balaban J connectivity index is 0.000000196. The van der Waals surface area contributed by atoms with E-state index in [1.165, 1.54) is 5.69 Å². The maximum Gasteiger partial charge on any atom is 0.273 e. The number of aromatic nitrogens is 2. The highest BCUT2D eigenvalue weighted by atomic mass is 16.3. The third-order valence-corrected chi connectivity index (χ3v) is 5.94. The molecule has 2 heterocycles. The van der Waals surface area contributed by atoms with Crippen molar-refractivity contribution in [3.8, 4) is 0 Å². The maximum absolute atomic E-state index is 12.0. The lowest BCUT2D eigenvalue weighted by Gasteiger charge is -2.35. The number of hydrogen-bond acceptors (Lipinski definition) is 6. The molecule has 0 radical (unpaired) electrons. The van der Waals surface area contributed by atoms with Gasteiger partial charge in [0.2, 0.25) is 6.41 Å². The molecule has 3 aromatic rings. The molecule has 1 aliphatic heterocycles. The van der Waals surface area contributed by atoms with Crippen molar-refractivity contribution in [2.75, 3.05) is 54.9 Å². The molecule has 2 aromatic carbocycles. The summed E-state index contributed by atoms with van der Waals surface area (Å²) >= 11 is 0. The number of hydrogen-bond donors (Lipinski definition) is 3. The van der Waals surface area contributed by atoms with E-state index in [9.17, 15) is 9.59 Å². The Bertz CT molecular complexity index is 1100. The molecular formula is C26H34N6O3. The zero-order valence-electron chi connectivity index (χ0n) is 20.6. The zero-order chi connectivity index (χ0) is 25.2. The first-order valence-electron chi connectivity index (χ1n) is 11.6. The van der Waals surface area contributed by atoms with E-state index in [0.717, 1.165) is 55.2 Å². The number of nitrogens with zero attached hydrogens (tertiary/aromatic N) is 4.